The molecule has 2 heterocycles. The van der Waals surface area contributed by atoms with Crippen LogP contribution in [-0.4, -0.2) is 53.0 Å². The summed E-state index contributed by atoms with van der Waals surface area (Å²) in [5.41, 5.74) is 0.398. The fourth-order valence-corrected chi connectivity index (χ4v) is 3.17. The number of rotatable bonds is 9. The van der Waals surface area contributed by atoms with Gasteiger partial charge in [-0.2, -0.15) is 0 Å². The van der Waals surface area contributed by atoms with E-state index in [2.05, 4.69) is 9.97 Å². The molecule has 0 unspecified atom stereocenters. The number of aromatic nitrogens is 2. The fraction of sp³-hybridized carbons (Fsp3) is 0.458. The molecule has 0 bridgehead atoms. The van der Waals surface area contributed by atoms with Crippen LogP contribution in [0.4, 0.5) is 0 Å². The van der Waals surface area contributed by atoms with Crippen LogP contribution in [0.3, 0.4) is 0 Å². The number of carbonyl (C=O) groups excluding carboxylic acids is 5. The van der Waals surface area contributed by atoms with Gasteiger partial charge in [-0.05, 0) is 25.8 Å². The van der Waals surface area contributed by atoms with Crippen molar-refractivity contribution >= 4 is 52.5 Å². The Labute approximate surface area is 213 Å². The Balaban J connectivity index is 0.000000567. The first-order valence-electron chi connectivity index (χ1n) is 10.9. The summed E-state index contributed by atoms with van der Waals surface area (Å²) >= 11 is 2.30. The summed E-state index contributed by atoms with van der Waals surface area (Å²) in [6, 6.07) is 0. The molecule has 2 aromatic heterocycles. The topological polar surface area (TPSA) is 130 Å². The van der Waals surface area contributed by atoms with Gasteiger partial charge >= 0.3 is 11.9 Å². The van der Waals surface area contributed by atoms with Crippen LogP contribution in [0.5, 0.6) is 0 Å². The lowest BCUT2D eigenvalue weighted by Gasteiger charge is -1.95. The third-order valence-corrected chi connectivity index (χ3v) is 5.19. The number of esters is 2. The number of aldehydes is 1. The van der Waals surface area contributed by atoms with Gasteiger partial charge in [0.25, 0.3) is 0 Å². The normalized spacial score (nSPS) is 10.2. The lowest BCUT2D eigenvalue weighted by atomic mass is 10.2. The molecular weight excluding hydrogens is 492 g/mol. The molecule has 192 valence electrons. The van der Waals surface area contributed by atoms with Crippen LogP contribution in [0.2, 0.25) is 0 Å². The third kappa shape index (κ3) is 13.4. The number of ether oxygens (including phenoxy) is 2. The molecule has 0 radical (unpaired) electrons. The van der Waals surface area contributed by atoms with Crippen LogP contribution in [-0.2, 0) is 14.3 Å². The van der Waals surface area contributed by atoms with E-state index in [-0.39, 0.29) is 28.9 Å². The maximum atomic E-state index is 11.7. The lowest BCUT2D eigenvalue weighted by Crippen LogP contribution is -2.05. The highest BCUT2D eigenvalue weighted by Crippen LogP contribution is 2.13. The average Bonchev–Trinajstić information content (AvgIpc) is 3.49. The van der Waals surface area contributed by atoms with Gasteiger partial charge in [0.2, 0.25) is 5.78 Å². The molecule has 0 fully saturated rings. The quantitative estimate of drug-likeness (QED) is 0.191. The number of carbonyl (C=O) groups is 5. The molecule has 0 N–H and O–H groups in total. The van der Waals surface area contributed by atoms with E-state index in [4.69, 9.17) is 9.47 Å². The number of hydrogen-bond donors (Lipinski definition) is 0. The van der Waals surface area contributed by atoms with Crippen molar-refractivity contribution in [2.75, 3.05) is 13.2 Å². The summed E-state index contributed by atoms with van der Waals surface area (Å²) < 4.78 is 9.51. The maximum Gasteiger partial charge on any atom is 0.357 e. The first-order chi connectivity index (χ1) is 16.5. The van der Waals surface area contributed by atoms with Crippen LogP contribution in [0, 0.1) is 11.8 Å². The van der Waals surface area contributed by atoms with Crippen molar-refractivity contribution in [1.29, 1.82) is 0 Å². The predicted molar refractivity (Wildman–Crippen MR) is 135 cm³/mol. The van der Waals surface area contributed by atoms with Crippen LogP contribution >= 0.6 is 22.7 Å². The van der Waals surface area contributed by atoms with E-state index in [9.17, 15) is 24.0 Å². The Morgan fingerprint density at radius 3 is 1.63 bits per heavy atom. The summed E-state index contributed by atoms with van der Waals surface area (Å²) in [5, 5.41) is 3.71. The van der Waals surface area contributed by atoms with E-state index in [1.807, 2.05) is 27.7 Å². The molecule has 0 amide bonds. The van der Waals surface area contributed by atoms with Crippen molar-refractivity contribution in [3.63, 3.8) is 0 Å². The van der Waals surface area contributed by atoms with Gasteiger partial charge < -0.3 is 14.3 Å². The maximum absolute atomic E-state index is 11.7. The standard InChI is InChI=1S/C12H15NO3S.C8H9NO3S.C4H8O/c1-4-16-12(15)9-7-17-11(13-9)10(14)6-5-8(2)3;1-3-12-8(11)6-4-13-7(9-6)5(2)10;1-4(2)3-5/h5-8H,4H2,1-3H3;4H,3H2,1-2H3;3-4H,1-2H3/b6-5+;;. The molecule has 0 atom stereocenters. The van der Waals surface area contributed by atoms with Crippen LogP contribution in [0.15, 0.2) is 22.9 Å². The minimum Gasteiger partial charge on any atom is -0.461 e. The second-order valence-electron chi connectivity index (χ2n) is 7.42. The second-order valence-corrected chi connectivity index (χ2v) is 9.14. The molecule has 0 aliphatic heterocycles. The minimum absolute atomic E-state index is 0.138. The van der Waals surface area contributed by atoms with E-state index < -0.39 is 11.9 Å². The Morgan fingerprint density at radius 1 is 0.857 bits per heavy atom. The van der Waals surface area contributed by atoms with Crippen molar-refractivity contribution in [3.05, 3.63) is 44.3 Å². The highest BCUT2D eigenvalue weighted by Gasteiger charge is 2.15. The van der Waals surface area contributed by atoms with E-state index in [1.54, 1.807) is 19.9 Å². The monoisotopic (exact) mass is 524 g/mol. The minimum atomic E-state index is -0.490. The lowest BCUT2D eigenvalue weighted by molar-refractivity contribution is -0.110. The van der Waals surface area contributed by atoms with Gasteiger partial charge in [0, 0.05) is 23.6 Å². The summed E-state index contributed by atoms with van der Waals surface area (Å²) in [7, 11) is 0. The largest absolute Gasteiger partial charge is 0.461 e. The molecule has 9 nitrogen and oxygen atoms in total. The molecule has 35 heavy (non-hydrogen) atoms. The highest BCUT2D eigenvalue weighted by atomic mass is 32.1. The molecule has 0 saturated carbocycles. The molecule has 0 aliphatic rings. The Hall–Kier alpha value is -3.05. The van der Waals surface area contributed by atoms with Crippen molar-refractivity contribution in [2.24, 2.45) is 11.8 Å². The van der Waals surface area contributed by atoms with E-state index >= 15 is 0 Å². The molecule has 2 aromatic rings. The predicted octanol–water partition coefficient (Wildman–Crippen LogP) is 5.08. The molecular formula is C24H32N2O7S2. The van der Waals surface area contributed by atoms with Crippen molar-refractivity contribution in [3.8, 4) is 0 Å². The van der Waals surface area contributed by atoms with Gasteiger partial charge in [0.15, 0.2) is 27.2 Å². The zero-order valence-corrected chi connectivity index (χ0v) is 22.7. The number of hydrogen-bond acceptors (Lipinski definition) is 11. The first kappa shape index (κ1) is 31.9. The summed E-state index contributed by atoms with van der Waals surface area (Å²) in [6.07, 6.45) is 4.20. The van der Waals surface area contributed by atoms with Crippen LogP contribution < -0.4 is 0 Å². The number of ketones is 2. The highest BCUT2D eigenvalue weighted by molar-refractivity contribution is 7.12. The molecule has 2 rings (SSSR count). The Bertz CT molecular complexity index is 1010. The second kappa shape index (κ2) is 17.4. The fourth-order valence-electron chi connectivity index (χ4n) is 1.77. The average molecular weight is 525 g/mol. The Morgan fingerprint density at radius 2 is 1.29 bits per heavy atom. The Kier molecular flexibility index (Phi) is 15.9. The van der Waals surface area contributed by atoms with Gasteiger partial charge in [-0.3, -0.25) is 9.59 Å². The van der Waals surface area contributed by atoms with Gasteiger partial charge in [-0.1, -0.05) is 33.8 Å². The summed E-state index contributed by atoms with van der Waals surface area (Å²) in [6.45, 7) is 13.1. The molecule has 0 aliphatic carbocycles. The van der Waals surface area contributed by atoms with Crippen LogP contribution in [0.1, 0.15) is 89.0 Å². The third-order valence-electron chi connectivity index (χ3n) is 3.39. The van der Waals surface area contributed by atoms with Gasteiger partial charge in [-0.15, -0.1) is 22.7 Å². The first-order valence-corrected chi connectivity index (χ1v) is 12.7. The van der Waals surface area contributed by atoms with E-state index in [0.717, 1.165) is 29.0 Å². The van der Waals surface area contributed by atoms with Gasteiger partial charge in [0.05, 0.1) is 13.2 Å². The number of allylic oxidation sites excluding steroid dienone is 2. The summed E-state index contributed by atoms with van der Waals surface area (Å²) in [5.74, 6) is -0.778. The zero-order valence-electron chi connectivity index (χ0n) is 21.0. The molecule has 0 spiro atoms. The van der Waals surface area contributed by atoms with Crippen molar-refractivity contribution in [2.45, 2.75) is 48.5 Å². The number of thiazole rings is 2. The van der Waals surface area contributed by atoms with Crippen molar-refractivity contribution < 1.29 is 33.4 Å². The smallest absolute Gasteiger partial charge is 0.357 e. The zero-order chi connectivity index (χ0) is 27.0. The van der Waals surface area contributed by atoms with E-state index in [0.29, 0.717) is 29.1 Å². The van der Waals surface area contributed by atoms with Crippen LogP contribution in [0.25, 0.3) is 0 Å². The van der Waals surface area contributed by atoms with E-state index in [1.165, 1.54) is 23.8 Å². The number of Topliss-reactive ketones (excluding diaryl/α,β-unsaturated/α-hetero) is 1. The molecule has 0 saturated heterocycles. The number of nitrogens with zero attached hydrogens (tertiary/aromatic N) is 2. The van der Waals surface area contributed by atoms with Gasteiger partial charge in [0.1, 0.15) is 6.29 Å². The van der Waals surface area contributed by atoms with Crippen molar-refractivity contribution in [1.82, 2.24) is 9.97 Å². The SMILES string of the molecule is CC(C)C=O.CCOC(=O)c1csc(C(=O)/C=C/C(C)C)n1.CCOC(=O)c1csc(C(C)=O)n1. The molecule has 0 aromatic carbocycles. The van der Waals surface area contributed by atoms with Gasteiger partial charge in [-0.25, -0.2) is 19.6 Å². The summed E-state index contributed by atoms with van der Waals surface area (Å²) in [4.78, 5) is 62.2. The molecule has 11 heteroatoms.